The van der Waals surface area contributed by atoms with E-state index in [2.05, 4.69) is 5.32 Å². The molecule has 2 aliphatic heterocycles. The molecule has 0 aromatic heterocycles. The van der Waals surface area contributed by atoms with Crippen molar-refractivity contribution >= 4 is 17.6 Å². The van der Waals surface area contributed by atoms with E-state index in [4.69, 9.17) is 4.74 Å². The quantitative estimate of drug-likeness (QED) is 0.834. The second kappa shape index (κ2) is 4.95. The van der Waals surface area contributed by atoms with Gasteiger partial charge >= 0.3 is 5.97 Å². The number of carbonyl (C=O) groups is 2. The Morgan fingerprint density at radius 3 is 2.59 bits per heavy atom. The summed E-state index contributed by atoms with van der Waals surface area (Å²) in [4.78, 5) is 23.9. The number of aryl methyl sites for hydroxylation is 2. The SMILES string of the molecule is O=C(Nc1ccc2c(c1)CCC2)[C@@H]1[C@H](C(=O)O)[C@@H]2C=C[C@H]1O2. The highest BCUT2D eigenvalue weighted by atomic mass is 16.5. The summed E-state index contributed by atoms with van der Waals surface area (Å²) in [6, 6.07) is 5.94. The molecule has 1 saturated heterocycles. The predicted molar refractivity (Wildman–Crippen MR) is 79.5 cm³/mol. The van der Waals surface area contributed by atoms with Crippen molar-refractivity contribution in [1.29, 1.82) is 0 Å². The molecule has 0 saturated carbocycles. The predicted octanol–water partition coefficient (Wildman–Crippen LogP) is 1.77. The van der Waals surface area contributed by atoms with Crippen LogP contribution in [0.4, 0.5) is 5.69 Å². The Kier molecular flexibility index (Phi) is 3.04. The average molecular weight is 299 g/mol. The maximum absolute atomic E-state index is 12.5. The fourth-order valence-corrected chi connectivity index (χ4v) is 3.79. The number of carboxylic acids is 1. The van der Waals surface area contributed by atoms with Crippen molar-refractivity contribution in [3.8, 4) is 0 Å². The Balaban J connectivity index is 1.55. The van der Waals surface area contributed by atoms with Gasteiger partial charge in [-0.05, 0) is 42.5 Å². The second-order valence-electron chi connectivity index (χ2n) is 6.17. The monoisotopic (exact) mass is 299 g/mol. The van der Waals surface area contributed by atoms with Crippen LogP contribution >= 0.6 is 0 Å². The molecule has 0 spiro atoms. The highest BCUT2D eigenvalue weighted by molar-refractivity contribution is 5.96. The van der Waals surface area contributed by atoms with E-state index >= 15 is 0 Å². The maximum Gasteiger partial charge on any atom is 0.310 e. The van der Waals surface area contributed by atoms with Crippen molar-refractivity contribution < 1.29 is 19.4 Å². The third-order valence-corrected chi connectivity index (χ3v) is 4.85. The summed E-state index contributed by atoms with van der Waals surface area (Å²) in [5, 5.41) is 12.2. The van der Waals surface area contributed by atoms with Gasteiger partial charge in [0, 0.05) is 5.69 Å². The van der Waals surface area contributed by atoms with Crippen LogP contribution in [0, 0.1) is 11.8 Å². The number of aliphatic carboxylic acids is 1. The summed E-state index contributed by atoms with van der Waals surface area (Å²) in [6.07, 6.45) is 5.89. The fourth-order valence-electron chi connectivity index (χ4n) is 3.79. The fraction of sp³-hybridized carbons (Fsp3) is 0.412. The molecule has 2 heterocycles. The van der Waals surface area contributed by atoms with Gasteiger partial charge in [-0.1, -0.05) is 18.2 Å². The molecule has 114 valence electrons. The molecule has 1 aliphatic carbocycles. The lowest BCUT2D eigenvalue weighted by Crippen LogP contribution is -2.39. The summed E-state index contributed by atoms with van der Waals surface area (Å²) in [5.41, 5.74) is 3.35. The Morgan fingerprint density at radius 1 is 1.09 bits per heavy atom. The van der Waals surface area contributed by atoms with Crippen molar-refractivity contribution in [2.24, 2.45) is 11.8 Å². The van der Waals surface area contributed by atoms with Crippen molar-refractivity contribution in [3.05, 3.63) is 41.5 Å². The Morgan fingerprint density at radius 2 is 1.82 bits per heavy atom. The minimum absolute atomic E-state index is 0.276. The zero-order chi connectivity index (χ0) is 15.3. The third kappa shape index (κ3) is 2.04. The molecule has 5 heteroatoms. The first-order valence-electron chi connectivity index (χ1n) is 7.63. The van der Waals surface area contributed by atoms with Gasteiger partial charge in [0.15, 0.2) is 0 Å². The second-order valence-corrected chi connectivity index (χ2v) is 6.17. The molecular weight excluding hydrogens is 282 g/mol. The normalized spacial score (nSPS) is 31.3. The lowest BCUT2D eigenvalue weighted by molar-refractivity contribution is -0.145. The number of hydrogen-bond donors (Lipinski definition) is 2. The first kappa shape index (κ1) is 13.5. The number of carboxylic acid groups (broad SMARTS) is 1. The number of anilines is 1. The average Bonchev–Trinajstić information content (AvgIpc) is 3.20. The van der Waals surface area contributed by atoms with Gasteiger partial charge in [0.25, 0.3) is 0 Å². The molecule has 5 nitrogen and oxygen atoms in total. The number of benzene rings is 1. The molecule has 2 bridgehead atoms. The van der Waals surface area contributed by atoms with E-state index in [0.717, 1.165) is 24.9 Å². The van der Waals surface area contributed by atoms with Crippen LogP contribution in [0.2, 0.25) is 0 Å². The lowest BCUT2D eigenvalue weighted by atomic mass is 9.82. The molecule has 3 aliphatic rings. The molecule has 2 N–H and O–H groups in total. The molecular formula is C17H17NO4. The van der Waals surface area contributed by atoms with Crippen LogP contribution in [-0.4, -0.2) is 29.2 Å². The molecule has 22 heavy (non-hydrogen) atoms. The van der Waals surface area contributed by atoms with Crippen LogP contribution in [0.3, 0.4) is 0 Å². The molecule has 1 aromatic carbocycles. The van der Waals surface area contributed by atoms with E-state index in [-0.39, 0.29) is 5.91 Å². The number of nitrogens with one attached hydrogen (secondary N) is 1. The molecule has 1 aromatic rings. The minimum atomic E-state index is -0.981. The first-order chi connectivity index (χ1) is 10.6. The summed E-state index contributed by atoms with van der Waals surface area (Å²) in [5.74, 6) is -2.72. The maximum atomic E-state index is 12.5. The third-order valence-electron chi connectivity index (χ3n) is 4.85. The van der Waals surface area contributed by atoms with Crippen molar-refractivity contribution in [3.63, 3.8) is 0 Å². The highest BCUT2D eigenvalue weighted by Crippen LogP contribution is 2.40. The van der Waals surface area contributed by atoms with Crippen LogP contribution in [0.15, 0.2) is 30.4 Å². The zero-order valence-corrected chi connectivity index (χ0v) is 12.0. The molecule has 1 fully saturated rings. The smallest absolute Gasteiger partial charge is 0.310 e. The van der Waals surface area contributed by atoms with Gasteiger partial charge in [-0.15, -0.1) is 0 Å². The van der Waals surface area contributed by atoms with Gasteiger partial charge in [0.1, 0.15) is 5.92 Å². The van der Waals surface area contributed by atoms with Crippen molar-refractivity contribution in [1.82, 2.24) is 0 Å². The van der Waals surface area contributed by atoms with Gasteiger partial charge in [0.05, 0.1) is 18.1 Å². The highest BCUT2D eigenvalue weighted by Gasteiger charge is 2.53. The first-order valence-corrected chi connectivity index (χ1v) is 7.63. The van der Waals surface area contributed by atoms with E-state index in [1.54, 1.807) is 12.2 Å². The van der Waals surface area contributed by atoms with Crippen molar-refractivity contribution in [2.45, 2.75) is 31.5 Å². The van der Waals surface area contributed by atoms with Crippen LogP contribution in [0.5, 0.6) is 0 Å². The topological polar surface area (TPSA) is 75.6 Å². The van der Waals surface area contributed by atoms with E-state index in [9.17, 15) is 14.7 Å². The number of carbonyl (C=O) groups excluding carboxylic acids is 1. The summed E-state index contributed by atoms with van der Waals surface area (Å²) >= 11 is 0. The van der Waals surface area contributed by atoms with Gasteiger partial charge in [-0.2, -0.15) is 0 Å². The van der Waals surface area contributed by atoms with Gasteiger partial charge < -0.3 is 15.2 Å². The van der Waals surface area contributed by atoms with Crippen molar-refractivity contribution in [2.75, 3.05) is 5.32 Å². The van der Waals surface area contributed by atoms with E-state index < -0.39 is 30.0 Å². The lowest BCUT2D eigenvalue weighted by Gasteiger charge is -2.21. The zero-order valence-electron chi connectivity index (χ0n) is 12.0. The number of ether oxygens (including phenoxy) is 1. The largest absolute Gasteiger partial charge is 0.481 e. The standard InChI is InChI=1S/C17H17NO4/c19-16(14-12-6-7-13(22-12)15(14)17(20)21)18-11-5-4-9-2-1-3-10(9)8-11/h4-8,12-15H,1-3H2,(H,18,19)(H,20,21)/t12-,13+,14+,15-/m1/s1. The van der Waals surface area contributed by atoms with E-state index in [0.29, 0.717) is 0 Å². The van der Waals surface area contributed by atoms with Gasteiger partial charge in [-0.3, -0.25) is 9.59 Å². The Hall–Kier alpha value is -2.14. The Bertz CT molecular complexity index is 681. The number of hydrogen-bond acceptors (Lipinski definition) is 3. The van der Waals surface area contributed by atoms with Crippen LogP contribution < -0.4 is 5.32 Å². The molecule has 4 rings (SSSR count). The number of rotatable bonds is 3. The van der Waals surface area contributed by atoms with Gasteiger partial charge in [-0.25, -0.2) is 0 Å². The molecule has 0 radical (unpaired) electrons. The summed E-state index contributed by atoms with van der Waals surface area (Å²) < 4.78 is 5.54. The summed E-state index contributed by atoms with van der Waals surface area (Å²) in [6.45, 7) is 0. The summed E-state index contributed by atoms with van der Waals surface area (Å²) in [7, 11) is 0. The van der Waals surface area contributed by atoms with Crippen LogP contribution in [0.1, 0.15) is 17.5 Å². The number of fused-ring (bicyclic) bond motifs is 3. The minimum Gasteiger partial charge on any atom is -0.481 e. The molecule has 1 amide bonds. The van der Waals surface area contributed by atoms with Crippen LogP contribution in [0.25, 0.3) is 0 Å². The molecule has 4 atom stereocenters. The number of amides is 1. The van der Waals surface area contributed by atoms with Gasteiger partial charge in [0.2, 0.25) is 5.91 Å². The van der Waals surface area contributed by atoms with Crippen LogP contribution in [-0.2, 0) is 27.2 Å². The molecule has 0 unspecified atom stereocenters. The Labute approximate surface area is 128 Å². The van der Waals surface area contributed by atoms with E-state index in [1.165, 1.54) is 11.1 Å². The van der Waals surface area contributed by atoms with E-state index in [1.807, 2.05) is 18.2 Å².